The first-order valence-corrected chi connectivity index (χ1v) is 10.2. The van der Waals surface area contributed by atoms with Gasteiger partial charge < -0.3 is 0 Å². The van der Waals surface area contributed by atoms with Crippen LogP contribution < -0.4 is 0 Å². The minimum atomic E-state index is -0.500. The van der Waals surface area contributed by atoms with E-state index in [2.05, 4.69) is 10.4 Å². The van der Waals surface area contributed by atoms with E-state index < -0.39 is 12.1 Å². The van der Waals surface area contributed by atoms with Gasteiger partial charge in [0.1, 0.15) is 12.1 Å². The zero-order valence-corrected chi connectivity index (χ0v) is 17.0. The molecule has 4 rings (SSSR count). The SMILES string of the molecule is O=NC(c1ccccc1)c1ccc(Cc2ccc(C(N=O)c3ccccc3)cc2)cc1. The summed E-state index contributed by atoms with van der Waals surface area (Å²) >= 11 is 0. The molecule has 31 heavy (non-hydrogen) atoms. The molecule has 0 aliphatic heterocycles. The highest BCUT2D eigenvalue weighted by atomic mass is 16.3. The third-order valence-corrected chi connectivity index (χ3v) is 5.44. The molecule has 0 heterocycles. The zero-order valence-electron chi connectivity index (χ0n) is 17.0. The largest absolute Gasteiger partial charge is 0.150 e. The summed E-state index contributed by atoms with van der Waals surface area (Å²) in [6, 6.07) is 34.1. The summed E-state index contributed by atoms with van der Waals surface area (Å²) in [4.78, 5) is 22.8. The van der Waals surface area contributed by atoms with Gasteiger partial charge in [-0.1, -0.05) is 120 Å². The molecule has 0 N–H and O–H groups in total. The summed E-state index contributed by atoms with van der Waals surface area (Å²) in [5, 5.41) is 6.63. The molecule has 0 radical (unpaired) electrons. The van der Waals surface area contributed by atoms with Crippen molar-refractivity contribution in [3.8, 4) is 0 Å². The minimum Gasteiger partial charge on any atom is -0.150 e. The Hall–Kier alpha value is -3.92. The molecule has 2 atom stereocenters. The first-order valence-electron chi connectivity index (χ1n) is 10.2. The molecule has 0 aromatic heterocycles. The zero-order chi connectivity index (χ0) is 21.5. The average Bonchev–Trinajstić information content (AvgIpc) is 2.84. The molecule has 152 valence electrons. The molecule has 4 nitrogen and oxygen atoms in total. The van der Waals surface area contributed by atoms with Gasteiger partial charge in [-0.15, -0.1) is 9.81 Å². The van der Waals surface area contributed by atoms with E-state index in [0.717, 1.165) is 39.8 Å². The van der Waals surface area contributed by atoms with Crippen molar-refractivity contribution in [1.29, 1.82) is 0 Å². The maximum Gasteiger partial charge on any atom is 0.142 e. The van der Waals surface area contributed by atoms with Crippen LogP contribution in [0.3, 0.4) is 0 Å². The van der Waals surface area contributed by atoms with Crippen molar-refractivity contribution in [2.45, 2.75) is 18.5 Å². The Bertz CT molecular complexity index is 1030. The number of hydrogen-bond acceptors (Lipinski definition) is 4. The molecule has 0 saturated heterocycles. The van der Waals surface area contributed by atoms with Crippen molar-refractivity contribution in [2.75, 3.05) is 0 Å². The second-order valence-electron chi connectivity index (χ2n) is 7.50. The van der Waals surface area contributed by atoms with E-state index in [-0.39, 0.29) is 0 Å². The molecule has 4 aromatic rings. The van der Waals surface area contributed by atoms with Crippen LogP contribution in [0, 0.1) is 9.81 Å². The highest BCUT2D eigenvalue weighted by Crippen LogP contribution is 2.28. The van der Waals surface area contributed by atoms with E-state index >= 15 is 0 Å². The van der Waals surface area contributed by atoms with Crippen LogP contribution in [0.1, 0.15) is 45.5 Å². The first kappa shape index (κ1) is 20.4. The lowest BCUT2D eigenvalue weighted by atomic mass is 9.95. The van der Waals surface area contributed by atoms with Crippen LogP contribution in [0.5, 0.6) is 0 Å². The average molecular weight is 406 g/mol. The summed E-state index contributed by atoms with van der Waals surface area (Å²) in [5.41, 5.74) is 5.81. The normalized spacial score (nSPS) is 12.6. The van der Waals surface area contributed by atoms with Gasteiger partial charge in [-0.2, -0.15) is 0 Å². The number of nitrogens with zero attached hydrogens (tertiary/aromatic N) is 2. The van der Waals surface area contributed by atoms with Crippen molar-refractivity contribution >= 4 is 0 Å². The van der Waals surface area contributed by atoms with Gasteiger partial charge in [0.2, 0.25) is 0 Å². The molecule has 2 unspecified atom stereocenters. The van der Waals surface area contributed by atoms with Gasteiger partial charge in [0.25, 0.3) is 0 Å². The second kappa shape index (κ2) is 9.72. The Kier molecular flexibility index (Phi) is 6.38. The van der Waals surface area contributed by atoms with E-state index in [4.69, 9.17) is 0 Å². The summed E-state index contributed by atoms with van der Waals surface area (Å²) < 4.78 is 0. The van der Waals surface area contributed by atoms with Gasteiger partial charge in [0.15, 0.2) is 0 Å². The molecule has 0 bridgehead atoms. The summed E-state index contributed by atoms with van der Waals surface area (Å²) in [7, 11) is 0. The third kappa shape index (κ3) is 4.81. The van der Waals surface area contributed by atoms with Crippen molar-refractivity contribution in [1.82, 2.24) is 0 Å². The quantitative estimate of drug-likeness (QED) is 0.296. The van der Waals surface area contributed by atoms with Gasteiger partial charge in [0.05, 0.1) is 0 Å². The molecule has 0 saturated carbocycles. The molecular formula is C27H22N2O2. The highest BCUT2D eigenvalue weighted by Gasteiger charge is 2.15. The van der Waals surface area contributed by atoms with E-state index in [9.17, 15) is 9.81 Å². The van der Waals surface area contributed by atoms with Crippen molar-refractivity contribution in [2.24, 2.45) is 10.4 Å². The molecule has 0 fully saturated rings. The van der Waals surface area contributed by atoms with E-state index in [0.29, 0.717) is 0 Å². The van der Waals surface area contributed by atoms with E-state index in [1.165, 1.54) is 0 Å². The smallest absolute Gasteiger partial charge is 0.142 e. The molecule has 4 aromatic carbocycles. The standard InChI is InChI=1S/C27H22N2O2/c30-28-26(22-7-3-1-4-8-22)24-15-11-20(12-16-24)19-21-13-17-25(18-14-21)27(29-31)23-9-5-2-6-10-23/h1-18,26-27H,19H2. The third-order valence-electron chi connectivity index (χ3n) is 5.44. The molecular weight excluding hydrogens is 384 g/mol. The van der Waals surface area contributed by atoms with Crippen LogP contribution in [0.25, 0.3) is 0 Å². The van der Waals surface area contributed by atoms with Gasteiger partial charge in [-0.25, -0.2) is 0 Å². The van der Waals surface area contributed by atoms with Crippen LogP contribution in [0.4, 0.5) is 0 Å². The van der Waals surface area contributed by atoms with Gasteiger partial charge in [-0.05, 0) is 39.8 Å². The van der Waals surface area contributed by atoms with Crippen LogP contribution >= 0.6 is 0 Å². The first-order chi connectivity index (χ1) is 15.3. The molecule has 0 aliphatic rings. The van der Waals surface area contributed by atoms with Crippen molar-refractivity contribution < 1.29 is 0 Å². The summed E-state index contributed by atoms with van der Waals surface area (Å²) in [6.45, 7) is 0. The molecule has 0 amide bonds. The Morgan fingerprint density at radius 3 is 1.10 bits per heavy atom. The summed E-state index contributed by atoms with van der Waals surface area (Å²) in [5.74, 6) is 0. The monoisotopic (exact) mass is 406 g/mol. The Morgan fingerprint density at radius 1 is 0.452 bits per heavy atom. The molecule has 4 heteroatoms. The predicted octanol–water partition coefficient (Wildman–Crippen LogP) is 6.99. The van der Waals surface area contributed by atoms with Gasteiger partial charge in [0, 0.05) is 0 Å². The number of hydrogen-bond donors (Lipinski definition) is 0. The number of benzene rings is 4. The fourth-order valence-corrected chi connectivity index (χ4v) is 3.77. The van der Waals surface area contributed by atoms with Crippen LogP contribution in [0.15, 0.2) is 120 Å². The molecule has 0 spiro atoms. The van der Waals surface area contributed by atoms with E-state index in [1.54, 1.807) is 0 Å². The summed E-state index contributed by atoms with van der Waals surface area (Å²) in [6.07, 6.45) is 0.760. The fourth-order valence-electron chi connectivity index (χ4n) is 3.77. The Morgan fingerprint density at radius 2 is 0.774 bits per heavy atom. The maximum absolute atomic E-state index is 11.4. The van der Waals surface area contributed by atoms with Crippen LogP contribution in [-0.2, 0) is 6.42 Å². The lowest BCUT2D eigenvalue weighted by Crippen LogP contribution is -1.99. The second-order valence-corrected chi connectivity index (χ2v) is 7.50. The highest BCUT2D eigenvalue weighted by molar-refractivity contribution is 5.37. The number of rotatable bonds is 8. The number of nitroso groups, excluding NO2 is 2. The lowest BCUT2D eigenvalue weighted by Gasteiger charge is -2.12. The van der Waals surface area contributed by atoms with Crippen LogP contribution in [-0.4, -0.2) is 0 Å². The predicted molar refractivity (Wildman–Crippen MR) is 124 cm³/mol. The van der Waals surface area contributed by atoms with Crippen molar-refractivity contribution in [3.05, 3.63) is 152 Å². The van der Waals surface area contributed by atoms with Crippen LogP contribution in [0.2, 0.25) is 0 Å². The Labute approximate surface area is 181 Å². The lowest BCUT2D eigenvalue weighted by molar-refractivity contribution is 0.861. The van der Waals surface area contributed by atoms with E-state index in [1.807, 2.05) is 109 Å². The van der Waals surface area contributed by atoms with Gasteiger partial charge >= 0.3 is 0 Å². The van der Waals surface area contributed by atoms with Crippen molar-refractivity contribution in [3.63, 3.8) is 0 Å². The Balaban J connectivity index is 1.47. The fraction of sp³-hybridized carbons (Fsp3) is 0.111. The minimum absolute atomic E-state index is 0.500. The maximum atomic E-state index is 11.4. The molecule has 0 aliphatic carbocycles. The topological polar surface area (TPSA) is 58.9 Å². The van der Waals surface area contributed by atoms with Gasteiger partial charge in [-0.3, -0.25) is 0 Å².